The molecule has 1 N–H and O–H groups in total. The van der Waals surface area contributed by atoms with Gasteiger partial charge in [-0.3, -0.25) is 19.3 Å². The van der Waals surface area contributed by atoms with Crippen LogP contribution in [0.25, 0.3) is 0 Å². The molecule has 2 aliphatic heterocycles. The maximum atomic E-state index is 11.6. The van der Waals surface area contributed by atoms with Crippen molar-refractivity contribution in [1.29, 1.82) is 0 Å². The van der Waals surface area contributed by atoms with Gasteiger partial charge in [0.05, 0.1) is 19.3 Å². The van der Waals surface area contributed by atoms with Crippen molar-refractivity contribution in [3.05, 3.63) is 18.0 Å². The number of nitrogens with one attached hydrogen (secondary N) is 1. The number of aryl methyl sites for hydroxylation is 1. The summed E-state index contributed by atoms with van der Waals surface area (Å²) < 4.78 is 1.99. The van der Waals surface area contributed by atoms with Crippen LogP contribution in [0, 0.1) is 6.92 Å². The number of imide groups is 1. The van der Waals surface area contributed by atoms with Crippen LogP contribution < -0.4 is 5.32 Å². The zero-order valence-corrected chi connectivity index (χ0v) is 13.0. The third-order valence-electron chi connectivity index (χ3n) is 4.46. The van der Waals surface area contributed by atoms with E-state index in [0.717, 1.165) is 26.1 Å². The van der Waals surface area contributed by atoms with Gasteiger partial charge in [0.1, 0.15) is 0 Å². The van der Waals surface area contributed by atoms with Gasteiger partial charge < -0.3 is 5.32 Å². The highest BCUT2D eigenvalue weighted by atomic mass is 16.2. The molecule has 0 spiro atoms. The van der Waals surface area contributed by atoms with E-state index in [1.54, 1.807) is 0 Å². The molecule has 1 aromatic rings. The molecule has 0 bridgehead atoms. The van der Waals surface area contributed by atoms with Crippen LogP contribution >= 0.6 is 0 Å². The number of piperidine rings is 1. The van der Waals surface area contributed by atoms with E-state index in [9.17, 15) is 9.59 Å². The second-order valence-electron chi connectivity index (χ2n) is 6.13. The fourth-order valence-corrected chi connectivity index (χ4v) is 3.25. The minimum Gasteiger partial charge on any atom is -0.329 e. The second-order valence-corrected chi connectivity index (χ2v) is 6.13. The lowest BCUT2D eigenvalue weighted by Gasteiger charge is -2.36. The fourth-order valence-electron chi connectivity index (χ4n) is 3.25. The molecule has 0 aromatic carbocycles. The normalized spacial score (nSPS) is 23.1. The Morgan fingerprint density at radius 2 is 2.18 bits per heavy atom. The molecular weight excluding hydrogens is 282 g/mol. The number of aromatic nitrogens is 2. The first-order chi connectivity index (χ1) is 10.6. The van der Waals surface area contributed by atoms with Crippen molar-refractivity contribution in [2.75, 3.05) is 26.2 Å². The molecule has 3 rings (SSSR count). The first-order valence-electron chi connectivity index (χ1n) is 7.95. The Labute approximate surface area is 130 Å². The van der Waals surface area contributed by atoms with E-state index in [0.29, 0.717) is 12.6 Å². The Morgan fingerprint density at radius 3 is 2.86 bits per heavy atom. The molecule has 0 unspecified atom stereocenters. The van der Waals surface area contributed by atoms with Crippen molar-refractivity contribution in [3.8, 4) is 0 Å². The van der Waals surface area contributed by atoms with Crippen LogP contribution in [0.2, 0.25) is 0 Å². The largest absolute Gasteiger partial charge is 0.329 e. The highest BCUT2D eigenvalue weighted by Crippen LogP contribution is 2.18. The standard InChI is InChI=1S/C15H23N5O2/c1-12-8-17-19(10-12)11-13-4-2-3-5-18(13)6-7-20-14(21)9-16-15(20)22/h8,10,13H,2-7,9,11H2,1H3,(H,16,22)/t13-/m1/s1. The van der Waals surface area contributed by atoms with Crippen LogP contribution in [-0.2, 0) is 11.3 Å². The summed E-state index contributed by atoms with van der Waals surface area (Å²) in [6.45, 7) is 5.28. The van der Waals surface area contributed by atoms with E-state index in [-0.39, 0.29) is 18.5 Å². The maximum Gasteiger partial charge on any atom is 0.324 e. The minimum atomic E-state index is -0.263. The average Bonchev–Trinajstić information content (AvgIpc) is 3.05. The number of carbonyl (C=O) groups excluding carboxylic acids is 2. The molecule has 120 valence electrons. The van der Waals surface area contributed by atoms with Gasteiger partial charge in [0.25, 0.3) is 0 Å². The lowest BCUT2D eigenvalue weighted by molar-refractivity contribution is -0.125. The minimum absolute atomic E-state index is 0.124. The summed E-state index contributed by atoms with van der Waals surface area (Å²) in [6, 6.07) is 0.162. The van der Waals surface area contributed by atoms with Crippen molar-refractivity contribution < 1.29 is 9.59 Å². The molecule has 22 heavy (non-hydrogen) atoms. The summed E-state index contributed by atoms with van der Waals surface area (Å²) in [5.74, 6) is -0.124. The Hall–Kier alpha value is -1.89. The van der Waals surface area contributed by atoms with E-state index in [1.807, 2.05) is 17.8 Å². The van der Waals surface area contributed by atoms with Crippen LogP contribution in [0.4, 0.5) is 4.79 Å². The SMILES string of the molecule is Cc1cnn(C[C@H]2CCCCN2CCN2C(=O)CNC2=O)c1. The summed E-state index contributed by atoms with van der Waals surface area (Å²) >= 11 is 0. The monoisotopic (exact) mass is 305 g/mol. The van der Waals surface area contributed by atoms with E-state index >= 15 is 0 Å². The highest BCUT2D eigenvalue weighted by Gasteiger charge is 2.30. The van der Waals surface area contributed by atoms with Crippen LogP contribution in [-0.4, -0.2) is 63.7 Å². The predicted molar refractivity (Wildman–Crippen MR) is 81.3 cm³/mol. The number of nitrogens with zero attached hydrogens (tertiary/aromatic N) is 4. The van der Waals surface area contributed by atoms with E-state index in [1.165, 1.54) is 23.3 Å². The molecule has 2 fully saturated rings. The van der Waals surface area contributed by atoms with Gasteiger partial charge in [-0.25, -0.2) is 4.79 Å². The summed E-state index contributed by atoms with van der Waals surface area (Å²) in [5, 5.41) is 6.93. The second kappa shape index (κ2) is 6.48. The number of urea groups is 1. The highest BCUT2D eigenvalue weighted by molar-refractivity contribution is 6.01. The Balaban J connectivity index is 1.57. The zero-order chi connectivity index (χ0) is 15.5. The Morgan fingerprint density at radius 1 is 1.32 bits per heavy atom. The summed E-state index contributed by atoms with van der Waals surface area (Å²) in [4.78, 5) is 26.9. The first kappa shape index (κ1) is 15.0. The number of hydrogen-bond donors (Lipinski definition) is 1. The predicted octanol–water partition coefficient (Wildman–Crippen LogP) is 0.598. The third-order valence-corrected chi connectivity index (χ3v) is 4.46. The lowest BCUT2D eigenvalue weighted by atomic mass is 10.0. The van der Waals surface area contributed by atoms with Crippen molar-refractivity contribution in [3.63, 3.8) is 0 Å². The molecule has 1 atom stereocenters. The van der Waals surface area contributed by atoms with Crippen molar-refractivity contribution in [2.24, 2.45) is 0 Å². The van der Waals surface area contributed by atoms with Gasteiger partial charge in [0.2, 0.25) is 5.91 Å². The van der Waals surface area contributed by atoms with Crippen molar-refractivity contribution in [1.82, 2.24) is 24.9 Å². The van der Waals surface area contributed by atoms with Crippen LogP contribution in [0.15, 0.2) is 12.4 Å². The molecule has 0 saturated carbocycles. The molecule has 2 saturated heterocycles. The molecule has 3 heterocycles. The summed E-state index contributed by atoms with van der Waals surface area (Å²) in [6.07, 6.45) is 7.48. The van der Waals surface area contributed by atoms with Gasteiger partial charge in [-0.15, -0.1) is 0 Å². The molecule has 3 amide bonds. The summed E-state index contributed by atoms with van der Waals surface area (Å²) in [5.41, 5.74) is 1.17. The molecule has 0 aliphatic carbocycles. The molecule has 0 radical (unpaired) electrons. The van der Waals surface area contributed by atoms with Crippen LogP contribution in [0.3, 0.4) is 0 Å². The molecule has 7 heteroatoms. The maximum absolute atomic E-state index is 11.6. The fraction of sp³-hybridized carbons (Fsp3) is 0.667. The lowest BCUT2D eigenvalue weighted by Crippen LogP contribution is -2.46. The van der Waals surface area contributed by atoms with Gasteiger partial charge in [0.15, 0.2) is 0 Å². The topological polar surface area (TPSA) is 70.5 Å². The zero-order valence-electron chi connectivity index (χ0n) is 13.0. The number of amides is 3. The van der Waals surface area contributed by atoms with E-state index < -0.39 is 0 Å². The van der Waals surface area contributed by atoms with E-state index in [2.05, 4.69) is 21.5 Å². The molecular formula is C15H23N5O2. The van der Waals surface area contributed by atoms with Crippen LogP contribution in [0.5, 0.6) is 0 Å². The first-order valence-corrected chi connectivity index (χ1v) is 7.95. The Kier molecular flexibility index (Phi) is 4.42. The van der Waals surface area contributed by atoms with Gasteiger partial charge in [-0.1, -0.05) is 6.42 Å². The van der Waals surface area contributed by atoms with Gasteiger partial charge in [0, 0.05) is 25.3 Å². The number of rotatable bonds is 5. The molecule has 1 aromatic heterocycles. The Bertz CT molecular complexity index is 540. The third kappa shape index (κ3) is 3.30. The van der Waals surface area contributed by atoms with Crippen molar-refractivity contribution >= 4 is 11.9 Å². The smallest absolute Gasteiger partial charge is 0.324 e. The van der Waals surface area contributed by atoms with E-state index in [4.69, 9.17) is 0 Å². The van der Waals surface area contributed by atoms with Crippen LogP contribution in [0.1, 0.15) is 24.8 Å². The molecule has 2 aliphatic rings. The number of hydrogen-bond acceptors (Lipinski definition) is 4. The molecule has 7 nitrogen and oxygen atoms in total. The number of carbonyl (C=O) groups is 2. The quantitative estimate of drug-likeness (QED) is 0.809. The number of likely N-dealkylation sites (tertiary alicyclic amines) is 1. The van der Waals surface area contributed by atoms with Gasteiger partial charge in [-0.05, 0) is 31.9 Å². The van der Waals surface area contributed by atoms with Gasteiger partial charge in [-0.2, -0.15) is 5.10 Å². The van der Waals surface area contributed by atoms with Gasteiger partial charge >= 0.3 is 6.03 Å². The summed E-state index contributed by atoms with van der Waals surface area (Å²) in [7, 11) is 0. The van der Waals surface area contributed by atoms with Crippen molar-refractivity contribution in [2.45, 2.75) is 38.8 Å². The average molecular weight is 305 g/mol.